The number of hydrogen-bond acceptors (Lipinski definition) is 3. The van der Waals surface area contributed by atoms with Gasteiger partial charge in [0.15, 0.2) is 5.82 Å². The summed E-state index contributed by atoms with van der Waals surface area (Å²) in [4.78, 5) is 17.3. The smallest absolute Gasteiger partial charge is 0.266 e. The summed E-state index contributed by atoms with van der Waals surface area (Å²) in [6.07, 6.45) is 0. The minimum Gasteiger partial charge on any atom is -0.497 e. The highest BCUT2D eigenvalue weighted by Crippen LogP contribution is 2.49. The first kappa shape index (κ1) is 15.1. The fraction of sp³-hybridized carbons (Fsp3) is 0.0667. The van der Waals surface area contributed by atoms with Gasteiger partial charge in [0.2, 0.25) is 0 Å². The maximum Gasteiger partial charge on any atom is 0.266 e. The van der Waals surface area contributed by atoms with Gasteiger partial charge in [0.05, 0.1) is 49.4 Å². The van der Waals surface area contributed by atoms with Crippen LogP contribution in [0.15, 0.2) is 18.2 Å². The minimum absolute atomic E-state index is 0.0538. The van der Waals surface area contributed by atoms with E-state index in [0.717, 1.165) is 0 Å². The number of aromatic nitrogens is 2. The van der Waals surface area contributed by atoms with Crippen LogP contribution in [-0.4, -0.2) is 22.6 Å². The molecule has 0 radical (unpaired) electrons. The number of carbonyl (C=O) groups excluding carboxylic acids is 1. The number of methoxy groups -OCH3 is 1. The van der Waals surface area contributed by atoms with Crippen LogP contribution in [-0.2, 0) is 0 Å². The zero-order valence-corrected chi connectivity index (χ0v) is 14.5. The summed E-state index contributed by atoms with van der Waals surface area (Å²) in [6.45, 7) is 0. The van der Waals surface area contributed by atoms with E-state index in [0.29, 0.717) is 28.2 Å². The van der Waals surface area contributed by atoms with Crippen LogP contribution in [0, 0.1) is 0 Å². The number of imidazole rings is 1. The van der Waals surface area contributed by atoms with Gasteiger partial charge >= 0.3 is 0 Å². The van der Waals surface area contributed by atoms with Crippen molar-refractivity contribution in [3.05, 3.63) is 43.9 Å². The summed E-state index contributed by atoms with van der Waals surface area (Å²) in [5, 5.41) is 0.383. The van der Waals surface area contributed by atoms with Crippen LogP contribution >= 0.6 is 46.4 Å². The number of halogens is 4. The van der Waals surface area contributed by atoms with Gasteiger partial charge in [-0.3, -0.25) is 9.36 Å². The Morgan fingerprint density at radius 3 is 2.30 bits per heavy atom. The summed E-state index contributed by atoms with van der Waals surface area (Å²) in [5.74, 6) is 0.646. The number of rotatable bonds is 1. The number of hydrogen-bond donors (Lipinski definition) is 0. The standard InChI is InChI=1S/C15H6Cl4N2O2/c1-23-5-2-3-6-7(4-5)21-14(20-6)8-9(15(21)22)11(17)13(19)12(18)10(8)16/h2-4H,1H3. The normalized spacial score (nSPS) is 12.7. The third kappa shape index (κ3) is 1.86. The molecule has 0 saturated carbocycles. The topological polar surface area (TPSA) is 44.1 Å². The summed E-state index contributed by atoms with van der Waals surface area (Å²) < 4.78 is 6.64. The molecule has 4 nitrogen and oxygen atoms in total. The lowest BCUT2D eigenvalue weighted by Crippen LogP contribution is -2.06. The number of benzene rings is 2. The van der Waals surface area contributed by atoms with E-state index in [-0.39, 0.29) is 31.6 Å². The summed E-state index contributed by atoms with van der Waals surface area (Å²) in [7, 11) is 1.55. The number of nitrogens with zero attached hydrogens (tertiary/aromatic N) is 2. The van der Waals surface area contributed by atoms with E-state index in [1.165, 1.54) is 4.57 Å². The van der Waals surface area contributed by atoms with Gasteiger partial charge in [0, 0.05) is 6.07 Å². The molecule has 1 aliphatic heterocycles. The number of carbonyl (C=O) groups is 1. The fourth-order valence-electron chi connectivity index (χ4n) is 2.71. The van der Waals surface area contributed by atoms with Gasteiger partial charge in [0.25, 0.3) is 5.91 Å². The van der Waals surface area contributed by atoms with Crippen LogP contribution in [0.1, 0.15) is 10.4 Å². The zero-order chi connectivity index (χ0) is 16.5. The SMILES string of the molecule is COc1ccc2nc3n(c2c1)C(=O)c1c(Cl)c(Cl)c(Cl)c(Cl)c1-3. The van der Waals surface area contributed by atoms with E-state index >= 15 is 0 Å². The van der Waals surface area contributed by atoms with Crippen molar-refractivity contribution in [1.82, 2.24) is 9.55 Å². The second kappa shape index (κ2) is 5.02. The van der Waals surface area contributed by atoms with Crippen LogP contribution in [0.5, 0.6) is 5.75 Å². The van der Waals surface area contributed by atoms with Gasteiger partial charge in [-0.05, 0) is 12.1 Å². The maximum absolute atomic E-state index is 12.8. The van der Waals surface area contributed by atoms with Crippen LogP contribution in [0.3, 0.4) is 0 Å². The molecule has 3 aromatic rings. The Kier molecular flexibility index (Phi) is 3.29. The molecule has 2 heterocycles. The maximum atomic E-state index is 12.8. The molecule has 0 unspecified atom stereocenters. The molecule has 0 atom stereocenters. The second-order valence-electron chi connectivity index (χ2n) is 4.94. The van der Waals surface area contributed by atoms with Crippen LogP contribution in [0.4, 0.5) is 0 Å². The van der Waals surface area contributed by atoms with E-state index in [4.69, 9.17) is 51.1 Å². The molecule has 0 amide bonds. The van der Waals surface area contributed by atoms with Crippen molar-refractivity contribution in [2.45, 2.75) is 0 Å². The predicted molar refractivity (Wildman–Crippen MR) is 91.5 cm³/mol. The molecule has 116 valence electrons. The lowest BCUT2D eigenvalue weighted by atomic mass is 10.1. The Morgan fingerprint density at radius 2 is 1.65 bits per heavy atom. The van der Waals surface area contributed by atoms with Crippen molar-refractivity contribution < 1.29 is 9.53 Å². The summed E-state index contributed by atoms with van der Waals surface area (Å²) in [6, 6.07) is 5.25. The first-order valence-electron chi connectivity index (χ1n) is 6.43. The van der Waals surface area contributed by atoms with Crippen molar-refractivity contribution >= 4 is 63.3 Å². The third-order valence-corrected chi connectivity index (χ3v) is 5.57. The molecule has 4 rings (SSSR count). The van der Waals surface area contributed by atoms with Gasteiger partial charge in [-0.1, -0.05) is 46.4 Å². The van der Waals surface area contributed by atoms with Gasteiger partial charge in [-0.2, -0.15) is 0 Å². The van der Waals surface area contributed by atoms with Gasteiger partial charge in [0.1, 0.15) is 5.75 Å². The number of ether oxygens (including phenoxy) is 1. The molecule has 0 aliphatic carbocycles. The Morgan fingerprint density at radius 1 is 1.00 bits per heavy atom. The predicted octanol–water partition coefficient (Wildman–Crippen LogP) is 5.33. The van der Waals surface area contributed by atoms with E-state index in [1.807, 2.05) is 0 Å². The lowest BCUT2D eigenvalue weighted by molar-refractivity contribution is 0.0973. The monoisotopic (exact) mass is 386 g/mol. The first-order chi connectivity index (χ1) is 11.0. The average Bonchev–Trinajstić information content (AvgIpc) is 3.05. The van der Waals surface area contributed by atoms with E-state index in [9.17, 15) is 4.79 Å². The molecule has 23 heavy (non-hydrogen) atoms. The molecular formula is C15H6Cl4N2O2. The Bertz CT molecular complexity index is 1030. The Hall–Kier alpha value is -1.46. The van der Waals surface area contributed by atoms with E-state index in [2.05, 4.69) is 4.98 Å². The number of fused-ring (bicyclic) bond motifs is 5. The molecule has 0 saturated heterocycles. The molecule has 2 aromatic carbocycles. The molecule has 8 heteroatoms. The Balaban J connectivity index is 2.14. The fourth-order valence-corrected chi connectivity index (χ4v) is 3.73. The molecule has 0 fully saturated rings. The highest BCUT2D eigenvalue weighted by atomic mass is 35.5. The second-order valence-corrected chi connectivity index (χ2v) is 6.45. The third-order valence-electron chi connectivity index (χ3n) is 3.77. The molecule has 0 spiro atoms. The van der Waals surface area contributed by atoms with Crippen molar-refractivity contribution in [1.29, 1.82) is 0 Å². The Labute approximate surface area is 150 Å². The van der Waals surface area contributed by atoms with Crippen molar-refractivity contribution in [2.75, 3.05) is 7.11 Å². The summed E-state index contributed by atoms with van der Waals surface area (Å²) >= 11 is 24.7. The minimum atomic E-state index is -0.351. The van der Waals surface area contributed by atoms with E-state index in [1.54, 1.807) is 25.3 Å². The van der Waals surface area contributed by atoms with Crippen LogP contribution in [0.25, 0.3) is 22.4 Å². The van der Waals surface area contributed by atoms with Gasteiger partial charge in [-0.15, -0.1) is 0 Å². The quantitative estimate of drug-likeness (QED) is 0.327. The average molecular weight is 388 g/mol. The first-order valence-corrected chi connectivity index (χ1v) is 7.94. The largest absolute Gasteiger partial charge is 0.497 e. The molecule has 1 aliphatic rings. The zero-order valence-electron chi connectivity index (χ0n) is 11.5. The van der Waals surface area contributed by atoms with Gasteiger partial charge < -0.3 is 4.74 Å². The molecular weight excluding hydrogens is 382 g/mol. The van der Waals surface area contributed by atoms with Crippen molar-refractivity contribution in [2.24, 2.45) is 0 Å². The van der Waals surface area contributed by atoms with Crippen LogP contribution in [0.2, 0.25) is 20.1 Å². The highest BCUT2D eigenvalue weighted by molar-refractivity contribution is 6.54. The lowest BCUT2D eigenvalue weighted by Gasteiger charge is -2.08. The van der Waals surface area contributed by atoms with Gasteiger partial charge in [-0.25, -0.2) is 4.98 Å². The molecule has 0 bridgehead atoms. The highest BCUT2D eigenvalue weighted by Gasteiger charge is 2.37. The van der Waals surface area contributed by atoms with Crippen molar-refractivity contribution in [3.8, 4) is 17.1 Å². The molecule has 1 aromatic heterocycles. The van der Waals surface area contributed by atoms with Crippen molar-refractivity contribution in [3.63, 3.8) is 0 Å². The van der Waals surface area contributed by atoms with Crippen LogP contribution < -0.4 is 4.74 Å². The summed E-state index contributed by atoms with van der Waals surface area (Å²) in [5.41, 5.74) is 1.84. The van der Waals surface area contributed by atoms with E-state index < -0.39 is 0 Å². The molecule has 0 N–H and O–H groups in total.